The van der Waals surface area contributed by atoms with E-state index in [4.69, 9.17) is 4.74 Å². The molecule has 2 unspecified atom stereocenters. The summed E-state index contributed by atoms with van der Waals surface area (Å²) in [6, 6.07) is 8.77. The van der Waals surface area contributed by atoms with Gasteiger partial charge in [0.05, 0.1) is 23.4 Å². The fraction of sp³-hybridized carbons (Fsp3) is 0.471. The molecular formula is C17H22N2OS. The quantitative estimate of drug-likeness (QED) is 0.904. The van der Waals surface area contributed by atoms with E-state index in [-0.39, 0.29) is 0 Å². The van der Waals surface area contributed by atoms with Crippen LogP contribution in [0, 0.1) is 6.92 Å². The van der Waals surface area contributed by atoms with Crippen molar-refractivity contribution < 1.29 is 4.74 Å². The van der Waals surface area contributed by atoms with Crippen LogP contribution in [-0.2, 0) is 0 Å². The van der Waals surface area contributed by atoms with Gasteiger partial charge in [-0.3, -0.25) is 0 Å². The summed E-state index contributed by atoms with van der Waals surface area (Å²) in [5.74, 6) is 1.60. The van der Waals surface area contributed by atoms with E-state index in [1.807, 2.05) is 6.07 Å². The highest BCUT2D eigenvalue weighted by Crippen LogP contribution is 2.38. The second-order valence-corrected chi connectivity index (χ2v) is 6.57. The third-order valence-electron chi connectivity index (χ3n) is 4.05. The molecule has 0 aliphatic carbocycles. The molecule has 1 aliphatic rings. The molecule has 0 fully saturated rings. The highest BCUT2D eigenvalue weighted by molar-refractivity contribution is 7.09. The van der Waals surface area contributed by atoms with E-state index in [1.165, 1.54) is 11.3 Å². The van der Waals surface area contributed by atoms with Gasteiger partial charge < -0.3 is 10.1 Å². The van der Waals surface area contributed by atoms with E-state index in [9.17, 15) is 0 Å². The van der Waals surface area contributed by atoms with Crippen LogP contribution < -0.4 is 10.1 Å². The van der Waals surface area contributed by atoms with Gasteiger partial charge in [-0.05, 0) is 43.9 Å². The number of nitrogens with one attached hydrogen (secondary N) is 1. The first kappa shape index (κ1) is 14.5. The van der Waals surface area contributed by atoms with E-state index in [2.05, 4.69) is 47.7 Å². The second kappa shape index (κ2) is 6.58. The molecular weight excluding hydrogens is 280 g/mol. The minimum absolute atomic E-state index is 0.330. The Hall–Kier alpha value is -1.39. The number of rotatable bonds is 5. The van der Waals surface area contributed by atoms with Gasteiger partial charge in [0.25, 0.3) is 0 Å². The Morgan fingerprint density at radius 3 is 3.05 bits per heavy atom. The molecule has 0 saturated carbocycles. The van der Waals surface area contributed by atoms with Gasteiger partial charge in [-0.25, -0.2) is 4.98 Å². The van der Waals surface area contributed by atoms with Crippen molar-refractivity contribution >= 4 is 11.3 Å². The summed E-state index contributed by atoms with van der Waals surface area (Å²) in [6.07, 6.45) is 2.17. The van der Waals surface area contributed by atoms with E-state index in [0.717, 1.165) is 36.8 Å². The highest BCUT2D eigenvalue weighted by atomic mass is 32.1. The normalized spacial score (nSPS) is 18.9. The Labute approximate surface area is 130 Å². The first-order valence-corrected chi connectivity index (χ1v) is 8.53. The lowest BCUT2D eigenvalue weighted by Crippen LogP contribution is -2.25. The maximum Gasteiger partial charge on any atom is 0.122 e. The predicted molar refractivity (Wildman–Crippen MR) is 87.2 cm³/mol. The SMILES string of the molecule is CCNC(CC1CCOc2ccccc21)c1csc(C)n1. The van der Waals surface area contributed by atoms with Gasteiger partial charge in [0.2, 0.25) is 0 Å². The third kappa shape index (κ3) is 3.27. The van der Waals surface area contributed by atoms with Crippen LogP contribution in [0.15, 0.2) is 29.6 Å². The minimum atomic E-state index is 0.330. The number of ether oxygens (including phenoxy) is 1. The van der Waals surface area contributed by atoms with Gasteiger partial charge in [-0.1, -0.05) is 25.1 Å². The van der Waals surface area contributed by atoms with Crippen molar-refractivity contribution in [2.45, 2.75) is 38.6 Å². The summed E-state index contributed by atoms with van der Waals surface area (Å²) in [4.78, 5) is 4.68. The first-order valence-electron chi connectivity index (χ1n) is 7.65. The average Bonchev–Trinajstić information content (AvgIpc) is 2.94. The Morgan fingerprint density at radius 1 is 1.43 bits per heavy atom. The standard InChI is InChI=1S/C17H22N2OS/c1-3-18-15(16-11-21-12(2)19-16)10-13-8-9-20-17-7-5-4-6-14(13)17/h4-7,11,13,15,18H,3,8-10H2,1-2H3. The van der Waals surface area contributed by atoms with Crippen molar-refractivity contribution in [1.29, 1.82) is 0 Å². The monoisotopic (exact) mass is 302 g/mol. The van der Waals surface area contributed by atoms with Gasteiger partial charge >= 0.3 is 0 Å². The van der Waals surface area contributed by atoms with E-state index in [1.54, 1.807) is 11.3 Å². The van der Waals surface area contributed by atoms with Crippen LogP contribution >= 0.6 is 11.3 Å². The van der Waals surface area contributed by atoms with E-state index < -0.39 is 0 Å². The zero-order valence-corrected chi connectivity index (χ0v) is 13.5. The van der Waals surface area contributed by atoms with Gasteiger partial charge in [0.1, 0.15) is 5.75 Å². The Morgan fingerprint density at radius 2 is 2.29 bits per heavy atom. The van der Waals surface area contributed by atoms with Crippen molar-refractivity contribution in [3.63, 3.8) is 0 Å². The predicted octanol–water partition coefficient (Wildman–Crippen LogP) is 4.06. The number of hydrogen-bond acceptors (Lipinski definition) is 4. The molecule has 0 spiro atoms. The molecule has 1 aromatic heterocycles. The molecule has 1 aromatic carbocycles. The van der Waals surface area contributed by atoms with Crippen LogP contribution in [0.2, 0.25) is 0 Å². The van der Waals surface area contributed by atoms with Gasteiger partial charge in [-0.15, -0.1) is 11.3 Å². The molecule has 2 atom stereocenters. The number of thiazole rings is 1. The Kier molecular flexibility index (Phi) is 4.56. The van der Waals surface area contributed by atoms with Crippen molar-refractivity contribution in [2.24, 2.45) is 0 Å². The van der Waals surface area contributed by atoms with Crippen LogP contribution in [0.4, 0.5) is 0 Å². The largest absolute Gasteiger partial charge is 0.493 e. The van der Waals surface area contributed by atoms with Crippen molar-refractivity contribution in [3.05, 3.63) is 45.9 Å². The summed E-state index contributed by atoms with van der Waals surface area (Å²) >= 11 is 1.73. The summed E-state index contributed by atoms with van der Waals surface area (Å²) in [6.45, 7) is 6.01. The van der Waals surface area contributed by atoms with Crippen LogP contribution in [-0.4, -0.2) is 18.1 Å². The maximum absolute atomic E-state index is 5.77. The molecule has 0 amide bonds. The topological polar surface area (TPSA) is 34.1 Å². The van der Waals surface area contributed by atoms with Crippen LogP contribution in [0.1, 0.15) is 48.0 Å². The molecule has 0 radical (unpaired) electrons. The molecule has 1 aliphatic heterocycles. The fourth-order valence-electron chi connectivity index (χ4n) is 3.04. The number of fused-ring (bicyclic) bond motifs is 1. The summed E-state index contributed by atoms with van der Waals surface area (Å²) < 4.78 is 5.77. The molecule has 3 rings (SSSR count). The average molecular weight is 302 g/mol. The minimum Gasteiger partial charge on any atom is -0.493 e. The van der Waals surface area contributed by atoms with Crippen molar-refractivity contribution in [1.82, 2.24) is 10.3 Å². The molecule has 4 heteroatoms. The van der Waals surface area contributed by atoms with Crippen molar-refractivity contribution in [3.8, 4) is 5.75 Å². The molecule has 0 bridgehead atoms. The Bertz CT molecular complexity index is 596. The summed E-state index contributed by atoms with van der Waals surface area (Å²) in [5, 5.41) is 6.92. The first-order chi connectivity index (χ1) is 10.3. The smallest absolute Gasteiger partial charge is 0.122 e. The van der Waals surface area contributed by atoms with Crippen LogP contribution in [0.5, 0.6) is 5.75 Å². The van der Waals surface area contributed by atoms with E-state index >= 15 is 0 Å². The summed E-state index contributed by atoms with van der Waals surface area (Å²) in [5.41, 5.74) is 2.53. The molecule has 3 nitrogen and oxygen atoms in total. The Balaban J connectivity index is 1.80. The summed E-state index contributed by atoms with van der Waals surface area (Å²) in [7, 11) is 0. The number of aromatic nitrogens is 1. The number of benzene rings is 1. The van der Waals surface area contributed by atoms with Crippen LogP contribution in [0.25, 0.3) is 0 Å². The molecule has 0 saturated heterocycles. The molecule has 112 valence electrons. The number of aryl methyl sites for hydroxylation is 1. The molecule has 2 heterocycles. The zero-order chi connectivity index (χ0) is 14.7. The number of nitrogens with zero attached hydrogens (tertiary/aromatic N) is 1. The van der Waals surface area contributed by atoms with Crippen LogP contribution in [0.3, 0.4) is 0 Å². The van der Waals surface area contributed by atoms with Crippen molar-refractivity contribution in [2.75, 3.05) is 13.2 Å². The molecule has 21 heavy (non-hydrogen) atoms. The molecule has 2 aromatic rings. The molecule has 1 N–H and O–H groups in total. The lowest BCUT2D eigenvalue weighted by molar-refractivity contribution is 0.255. The highest BCUT2D eigenvalue weighted by Gasteiger charge is 2.25. The number of para-hydroxylation sites is 1. The second-order valence-electron chi connectivity index (χ2n) is 5.51. The third-order valence-corrected chi connectivity index (χ3v) is 4.84. The maximum atomic E-state index is 5.77. The zero-order valence-electron chi connectivity index (χ0n) is 12.6. The fourth-order valence-corrected chi connectivity index (χ4v) is 3.71. The lowest BCUT2D eigenvalue weighted by atomic mass is 9.87. The van der Waals surface area contributed by atoms with Gasteiger partial charge in [0, 0.05) is 5.38 Å². The van der Waals surface area contributed by atoms with Gasteiger partial charge in [0.15, 0.2) is 0 Å². The number of hydrogen-bond donors (Lipinski definition) is 1. The van der Waals surface area contributed by atoms with E-state index in [0.29, 0.717) is 12.0 Å². The van der Waals surface area contributed by atoms with Gasteiger partial charge in [-0.2, -0.15) is 0 Å². The lowest BCUT2D eigenvalue weighted by Gasteiger charge is -2.29.